The van der Waals surface area contributed by atoms with Gasteiger partial charge in [0.05, 0.1) is 13.7 Å². The first-order valence-corrected chi connectivity index (χ1v) is 7.52. The van der Waals surface area contributed by atoms with E-state index in [9.17, 15) is 4.79 Å². The molecule has 2 rings (SSSR count). The number of piperidine rings is 1. The van der Waals surface area contributed by atoms with Gasteiger partial charge in [-0.25, -0.2) is 0 Å². The molecule has 1 aliphatic rings. The van der Waals surface area contributed by atoms with Gasteiger partial charge >= 0.3 is 5.97 Å². The van der Waals surface area contributed by atoms with Crippen molar-refractivity contribution < 1.29 is 14.4 Å². The number of methoxy groups -OCH3 is 1. The van der Waals surface area contributed by atoms with Gasteiger partial charge in [-0.05, 0) is 18.4 Å². The number of esters is 1. The van der Waals surface area contributed by atoms with Gasteiger partial charge in [0, 0.05) is 12.6 Å². The summed E-state index contributed by atoms with van der Waals surface area (Å²) < 4.78 is 4.71. The monoisotopic (exact) mass is 294 g/mol. The maximum absolute atomic E-state index is 11.3. The van der Waals surface area contributed by atoms with Crippen LogP contribution in [0.2, 0.25) is 0 Å². The number of hydroxylamine groups is 1. The molecule has 2 atom stereocenters. The van der Waals surface area contributed by atoms with Crippen LogP contribution in [0.1, 0.15) is 32.3 Å². The molecule has 2 N–H and O–H groups in total. The van der Waals surface area contributed by atoms with Gasteiger partial charge in [-0.15, -0.1) is 0 Å². The Bertz CT molecular complexity index is 390. The molecule has 1 aromatic carbocycles. The zero-order valence-electron chi connectivity index (χ0n) is 13.1. The summed E-state index contributed by atoms with van der Waals surface area (Å²) in [6.45, 7) is 5.24. The highest BCUT2D eigenvalue weighted by molar-refractivity contribution is 5.75. The van der Waals surface area contributed by atoms with E-state index in [1.807, 2.05) is 44.2 Å². The summed E-state index contributed by atoms with van der Waals surface area (Å²) in [6, 6.07) is 10.0. The van der Waals surface area contributed by atoms with E-state index in [0.29, 0.717) is 13.2 Å². The third-order valence-electron chi connectivity index (χ3n) is 3.23. The lowest BCUT2D eigenvalue weighted by Gasteiger charge is -2.28. The van der Waals surface area contributed by atoms with Crippen LogP contribution in [0.15, 0.2) is 30.3 Å². The lowest BCUT2D eigenvalue weighted by molar-refractivity contribution is -0.144. The van der Waals surface area contributed by atoms with Gasteiger partial charge in [0.15, 0.2) is 0 Å². The lowest BCUT2D eigenvalue weighted by Crippen LogP contribution is -2.50. The molecule has 0 radical (unpaired) electrons. The van der Waals surface area contributed by atoms with E-state index in [2.05, 4.69) is 10.8 Å². The maximum atomic E-state index is 11.3. The molecule has 0 bridgehead atoms. The van der Waals surface area contributed by atoms with Crippen LogP contribution in [0.4, 0.5) is 0 Å². The molecule has 0 amide bonds. The van der Waals surface area contributed by atoms with E-state index in [-0.39, 0.29) is 18.1 Å². The second-order valence-electron chi connectivity index (χ2n) is 4.65. The molecule has 1 unspecified atom stereocenters. The molecule has 0 spiro atoms. The van der Waals surface area contributed by atoms with Crippen molar-refractivity contribution in [2.24, 2.45) is 0 Å². The maximum Gasteiger partial charge on any atom is 0.322 e. The number of benzene rings is 1. The highest BCUT2D eigenvalue weighted by Crippen LogP contribution is 2.10. The summed E-state index contributed by atoms with van der Waals surface area (Å²) in [5.74, 6) is -0.191. The zero-order valence-corrected chi connectivity index (χ0v) is 13.1. The number of carbonyl (C=O) groups excluding carboxylic acids is 1. The minimum Gasteiger partial charge on any atom is -0.468 e. The second kappa shape index (κ2) is 10.3. The molecular weight excluding hydrogens is 268 g/mol. The van der Waals surface area contributed by atoms with Crippen molar-refractivity contribution in [3.8, 4) is 0 Å². The third-order valence-corrected chi connectivity index (χ3v) is 3.23. The van der Waals surface area contributed by atoms with Gasteiger partial charge in [0.1, 0.15) is 6.04 Å². The van der Waals surface area contributed by atoms with Crippen LogP contribution in [0.3, 0.4) is 0 Å². The van der Waals surface area contributed by atoms with Crippen LogP contribution in [-0.4, -0.2) is 31.7 Å². The van der Waals surface area contributed by atoms with Crippen molar-refractivity contribution in [1.82, 2.24) is 10.8 Å². The second-order valence-corrected chi connectivity index (χ2v) is 4.65. The average Bonchev–Trinajstić information content (AvgIpc) is 2.57. The van der Waals surface area contributed by atoms with Crippen molar-refractivity contribution in [2.75, 3.05) is 13.7 Å². The van der Waals surface area contributed by atoms with Crippen molar-refractivity contribution >= 4 is 5.97 Å². The van der Waals surface area contributed by atoms with Gasteiger partial charge in [-0.3, -0.25) is 9.63 Å². The number of hydrogen-bond acceptors (Lipinski definition) is 5. The fraction of sp³-hybridized carbons (Fsp3) is 0.562. The van der Waals surface area contributed by atoms with E-state index >= 15 is 0 Å². The molecule has 0 saturated carbocycles. The predicted molar refractivity (Wildman–Crippen MR) is 82.5 cm³/mol. The Kier molecular flexibility index (Phi) is 8.66. The first-order chi connectivity index (χ1) is 10.3. The van der Waals surface area contributed by atoms with E-state index in [1.54, 1.807) is 0 Å². The molecule has 0 aromatic heterocycles. The molecule has 1 aliphatic heterocycles. The molecule has 118 valence electrons. The summed E-state index contributed by atoms with van der Waals surface area (Å²) in [5, 5.41) is 3.15. The van der Waals surface area contributed by atoms with Crippen LogP contribution in [0.5, 0.6) is 0 Å². The van der Waals surface area contributed by atoms with Gasteiger partial charge < -0.3 is 10.1 Å². The summed E-state index contributed by atoms with van der Waals surface area (Å²) >= 11 is 0. The van der Waals surface area contributed by atoms with Crippen LogP contribution in [0, 0.1) is 0 Å². The van der Waals surface area contributed by atoms with Crippen molar-refractivity contribution in [3.05, 3.63) is 35.9 Å². The number of nitrogens with one attached hydrogen (secondary N) is 2. The highest BCUT2D eigenvalue weighted by atomic mass is 16.6. The molecule has 1 heterocycles. The third kappa shape index (κ3) is 6.25. The van der Waals surface area contributed by atoms with Crippen molar-refractivity contribution in [2.45, 2.75) is 45.4 Å². The number of rotatable bonds is 5. The fourth-order valence-corrected chi connectivity index (χ4v) is 2.12. The van der Waals surface area contributed by atoms with E-state index < -0.39 is 0 Å². The number of carbonyl (C=O) groups is 1. The Morgan fingerprint density at radius 2 is 2.00 bits per heavy atom. The quantitative estimate of drug-likeness (QED) is 0.643. The smallest absolute Gasteiger partial charge is 0.322 e. The summed E-state index contributed by atoms with van der Waals surface area (Å²) in [4.78, 5) is 16.8. The first-order valence-electron chi connectivity index (χ1n) is 7.52. The highest BCUT2D eigenvalue weighted by Gasteiger charge is 2.26. The van der Waals surface area contributed by atoms with E-state index in [0.717, 1.165) is 18.4 Å². The predicted octanol–water partition coefficient (Wildman–Crippen LogP) is 2.03. The summed E-state index contributed by atoms with van der Waals surface area (Å²) in [5.41, 5.74) is 4.16. The van der Waals surface area contributed by atoms with E-state index in [1.165, 1.54) is 7.11 Å². The summed E-state index contributed by atoms with van der Waals surface area (Å²) in [6.07, 6.45) is 1.65. The Morgan fingerprint density at radius 1 is 1.29 bits per heavy atom. The zero-order chi connectivity index (χ0) is 15.5. The Balaban J connectivity index is 0.00000106. The molecule has 5 nitrogen and oxygen atoms in total. The Morgan fingerprint density at radius 3 is 2.57 bits per heavy atom. The van der Waals surface area contributed by atoms with Crippen molar-refractivity contribution in [3.63, 3.8) is 0 Å². The molecule has 1 aromatic rings. The van der Waals surface area contributed by atoms with Gasteiger partial charge in [0.25, 0.3) is 0 Å². The molecule has 1 saturated heterocycles. The van der Waals surface area contributed by atoms with Crippen LogP contribution in [-0.2, 0) is 21.0 Å². The van der Waals surface area contributed by atoms with Gasteiger partial charge in [-0.2, -0.15) is 5.48 Å². The first kappa shape index (κ1) is 17.6. The lowest BCUT2D eigenvalue weighted by atomic mass is 10.0. The largest absolute Gasteiger partial charge is 0.468 e. The Labute approximate surface area is 127 Å². The Hall–Kier alpha value is -1.43. The minimum absolute atomic E-state index is 0.183. The minimum atomic E-state index is -0.191. The molecule has 1 fully saturated rings. The number of ether oxygens (including phenoxy) is 1. The molecule has 0 aliphatic carbocycles. The number of hydrogen-bond donors (Lipinski definition) is 2. The van der Waals surface area contributed by atoms with Crippen LogP contribution < -0.4 is 10.8 Å². The van der Waals surface area contributed by atoms with Gasteiger partial charge in [0.2, 0.25) is 0 Å². The topological polar surface area (TPSA) is 59.6 Å². The van der Waals surface area contributed by atoms with Crippen molar-refractivity contribution in [1.29, 1.82) is 0 Å². The SMILES string of the molecule is CC.COC(=O)[C@@H]1CCC(NOCc2ccccc2)CN1. The molecular formula is C16H26N2O3. The molecule has 5 heteroatoms. The van der Waals surface area contributed by atoms with E-state index in [4.69, 9.17) is 9.57 Å². The molecule has 21 heavy (non-hydrogen) atoms. The standard InChI is InChI=1S/C14H20N2O3.C2H6/c1-18-14(17)13-8-7-12(9-15-13)16-19-10-11-5-3-2-4-6-11;1-2/h2-6,12-13,15-16H,7-10H2,1H3;1-2H3/t12?,13-;/m0./s1. The normalized spacial score (nSPS) is 21.1. The summed E-state index contributed by atoms with van der Waals surface area (Å²) in [7, 11) is 1.41. The van der Waals surface area contributed by atoms with Crippen LogP contribution in [0.25, 0.3) is 0 Å². The fourth-order valence-electron chi connectivity index (χ4n) is 2.12. The van der Waals surface area contributed by atoms with Crippen LogP contribution >= 0.6 is 0 Å². The van der Waals surface area contributed by atoms with Gasteiger partial charge in [-0.1, -0.05) is 44.2 Å². The average molecular weight is 294 g/mol.